The van der Waals surface area contributed by atoms with E-state index in [2.05, 4.69) is 15.3 Å². The lowest BCUT2D eigenvalue weighted by atomic mass is 10.4. The second-order valence-corrected chi connectivity index (χ2v) is 4.71. The fourth-order valence-corrected chi connectivity index (χ4v) is 2.32. The molecule has 2 aromatic rings. The van der Waals surface area contributed by atoms with Crippen LogP contribution in [-0.4, -0.2) is 31.5 Å². The third-order valence-corrected chi connectivity index (χ3v) is 3.48. The van der Waals surface area contributed by atoms with Crippen LogP contribution in [0.15, 0.2) is 0 Å². The van der Waals surface area contributed by atoms with E-state index in [0.29, 0.717) is 10.9 Å². The number of hydrogen-bond acceptors (Lipinski definition) is 6. The summed E-state index contributed by atoms with van der Waals surface area (Å²) < 4.78 is 1.73. The zero-order chi connectivity index (χ0) is 10.4. The molecule has 1 aliphatic carbocycles. The third kappa shape index (κ3) is 1.43. The van der Waals surface area contributed by atoms with Gasteiger partial charge in [-0.05, 0) is 12.8 Å². The maximum absolute atomic E-state index is 9.56. The van der Waals surface area contributed by atoms with E-state index in [0.717, 1.165) is 23.6 Å². The number of aliphatic hydroxyl groups excluding tert-OH is 1. The largest absolute Gasteiger partial charge is 0.385 e. The molecule has 15 heavy (non-hydrogen) atoms. The molecule has 1 fully saturated rings. The van der Waals surface area contributed by atoms with Crippen molar-refractivity contribution in [2.75, 3.05) is 6.54 Å². The van der Waals surface area contributed by atoms with Gasteiger partial charge in [-0.2, -0.15) is 9.61 Å². The summed E-state index contributed by atoms with van der Waals surface area (Å²) in [4.78, 5) is 0.736. The van der Waals surface area contributed by atoms with Crippen molar-refractivity contribution in [2.45, 2.75) is 24.9 Å². The Morgan fingerprint density at radius 3 is 3.00 bits per heavy atom. The Balaban J connectivity index is 2.06. The van der Waals surface area contributed by atoms with Gasteiger partial charge in [-0.3, -0.25) is 0 Å². The van der Waals surface area contributed by atoms with Gasteiger partial charge in [0, 0.05) is 12.5 Å². The summed E-state index contributed by atoms with van der Waals surface area (Å²) in [7, 11) is 0. The van der Waals surface area contributed by atoms with Crippen LogP contribution in [0.5, 0.6) is 0 Å². The van der Waals surface area contributed by atoms with E-state index in [1.165, 1.54) is 11.3 Å². The van der Waals surface area contributed by atoms with Crippen LogP contribution in [0.3, 0.4) is 0 Å². The molecule has 1 atom stereocenters. The molecule has 6 nitrogen and oxygen atoms in total. The molecule has 3 rings (SSSR count). The predicted molar refractivity (Wildman–Crippen MR) is 54.6 cm³/mol. The van der Waals surface area contributed by atoms with Crippen molar-refractivity contribution in [1.29, 1.82) is 0 Å². The second-order valence-electron chi connectivity index (χ2n) is 3.72. The zero-order valence-corrected chi connectivity index (χ0v) is 8.81. The molecule has 1 saturated carbocycles. The van der Waals surface area contributed by atoms with E-state index in [4.69, 9.17) is 5.73 Å². The number of aliphatic hydroxyl groups is 1. The van der Waals surface area contributed by atoms with Crippen molar-refractivity contribution in [2.24, 2.45) is 5.73 Å². The first-order valence-corrected chi connectivity index (χ1v) is 5.71. The molecule has 1 aliphatic rings. The maximum Gasteiger partial charge on any atom is 0.234 e. The minimum atomic E-state index is -0.691. The number of nitrogens with two attached hydrogens (primary N) is 1. The lowest BCUT2D eigenvalue weighted by Gasteiger charge is -2.00. The second kappa shape index (κ2) is 3.22. The van der Waals surface area contributed by atoms with Crippen LogP contribution < -0.4 is 5.73 Å². The fourth-order valence-electron chi connectivity index (χ4n) is 1.48. The first kappa shape index (κ1) is 9.20. The summed E-state index contributed by atoms with van der Waals surface area (Å²) in [6.07, 6.45) is 1.63. The van der Waals surface area contributed by atoms with Gasteiger partial charge in [0.15, 0.2) is 5.82 Å². The molecule has 0 aromatic carbocycles. The van der Waals surface area contributed by atoms with Gasteiger partial charge in [-0.1, -0.05) is 11.3 Å². The monoisotopic (exact) mass is 225 g/mol. The normalized spacial score (nSPS) is 18.5. The number of nitrogens with zero attached hydrogens (tertiary/aromatic N) is 4. The van der Waals surface area contributed by atoms with Crippen molar-refractivity contribution in [3.63, 3.8) is 0 Å². The van der Waals surface area contributed by atoms with Crippen LogP contribution in [0.25, 0.3) is 4.96 Å². The quantitative estimate of drug-likeness (QED) is 0.770. The number of rotatable bonds is 3. The Morgan fingerprint density at radius 1 is 1.53 bits per heavy atom. The molecule has 3 N–H and O–H groups in total. The van der Waals surface area contributed by atoms with Crippen molar-refractivity contribution < 1.29 is 5.11 Å². The Labute approximate surface area is 89.7 Å². The summed E-state index contributed by atoms with van der Waals surface area (Å²) >= 11 is 1.34. The Morgan fingerprint density at radius 2 is 2.33 bits per heavy atom. The molecule has 0 saturated heterocycles. The molecular weight excluding hydrogens is 214 g/mol. The van der Waals surface area contributed by atoms with Crippen LogP contribution in [-0.2, 0) is 0 Å². The maximum atomic E-state index is 9.56. The van der Waals surface area contributed by atoms with E-state index < -0.39 is 6.10 Å². The van der Waals surface area contributed by atoms with E-state index in [9.17, 15) is 5.11 Å². The van der Waals surface area contributed by atoms with Crippen LogP contribution in [0, 0.1) is 0 Å². The highest BCUT2D eigenvalue weighted by Gasteiger charge is 2.30. The van der Waals surface area contributed by atoms with Gasteiger partial charge in [0.2, 0.25) is 4.96 Å². The van der Waals surface area contributed by atoms with Crippen LogP contribution in [0.2, 0.25) is 0 Å². The molecule has 0 radical (unpaired) electrons. The van der Waals surface area contributed by atoms with Crippen molar-refractivity contribution in [3.05, 3.63) is 10.8 Å². The van der Waals surface area contributed by atoms with E-state index in [1.54, 1.807) is 4.52 Å². The first-order valence-electron chi connectivity index (χ1n) is 4.89. The zero-order valence-electron chi connectivity index (χ0n) is 8.00. The topological polar surface area (TPSA) is 89.3 Å². The highest BCUT2D eigenvalue weighted by atomic mass is 32.1. The molecule has 0 spiro atoms. The molecule has 2 heterocycles. The van der Waals surface area contributed by atoms with Gasteiger partial charge >= 0.3 is 0 Å². The highest BCUT2D eigenvalue weighted by molar-refractivity contribution is 7.16. The van der Waals surface area contributed by atoms with Crippen LogP contribution in [0.1, 0.15) is 35.7 Å². The molecule has 0 amide bonds. The Kier molecular flexibility index (Phi) is 1.98. The van der Waals surface area contributed by atoms with E-state index >= 15 is 0 Å². The minimum absolute atomic E-state index is 0.183. The predicted octanol–water partition coefficient (Wildman–Crippen LogP) is 0.0553. The van der Waals surface area contributed by atoms with Crippen LogP contribution >= 0.6 is 11.3 Å². The molecule has 7 heteroatoms. The van der Waals surface area contributed by atoms with E-state index in [-0.39, 0.29) is 6.54 Å². The molecule has 2 aromatic heterocycles. The minimum Gasteiger partial charge on any atom is -0.385 e. The number of aromatic nitrogens is 4. The number of hydrogen-bond donors (Lipinski definition) is 2. The van der Waals surface area contributed by atoms with Gasteiger partial charge in [0.05, 0.1) is 0 Å². The summed E-state index contributed by atoms with van der Waals surface area (Å²) in [5, 5.41) is 22.6. The fraction of sp³-hybridized carbons (Fsp3) is 0.625. The molecule has 0 bridgehead atoms. The van der Waals surface area contributed by atoms with Crippen molar-refractivity contribution in [1.82, 2.24) is 19.8 Å². The highest BCUT2D eigenvalue weighted by Crippen LogP contribution is 2.39. The molecular formula is C8H11N5OS. The Hall–Kier alpha value is -1.05. The lowest BCUT2D eigenvalue weighted by molar-refractivity contribution is 0.185. The number of fused-ring (bicyclic) bond motifs is 1. The lowest BCUT2D eigenvalue weighted by Crippen LogP contribution is -2.11. The molecule has 80 valence electrons. The summed E-state index contributed by atoms with van der Waals surface area (Å²) in [6, 6.07) is 0. The summed E-state index contributed by atoms with van der Waals surface area (Å²) in [5.74, 6) is 1.42. The van der Waals surface area contributed by atoms with Gasteiger partial charge in [0.1, 0.15) is 11.1 Å². The van der Waals surface area contributed by atoms with Crippen molar-refractivity contribution >= 4 is 16.3 Å². The van der Waals surface area contributed by atoms with Gasteiger partial charge in [-0.15, -0.1) is 10.2 Å². The SMILES string of the molecule is NCC(O)c1nn2c(C3CC3)nnc2s1. The van der Waals surface area contributed by atoms with Crippen molar-refractivity contribution in [3.8, 4) is 0 Å². The van der Waals surface area contributed by atoms with Crippen LogP contribution in [0.4, 0.5) is 0 Å². The molecule has 1 unspecified atom stereocenters. The van der Waals surface area contributed by atoms with Gasteiger partial charge in [-0.25, -0.2) is 0 Å². The van der Waals surface area contributed by atoms with Gasteiger partial charge in [0.25, 0.3) is 0 Å². The Bertz CT molecular complexity index is 488. The third-order valence-electron chi connectivity index (χ3n) is 2.48. The van der Waals surface area contributed by atoms with Gasteiger partial charge < -0.3 is 10.8 Å². The smallest absolute Gasteiger partial charge is 0.234 e. The average Bonchev–Trinajstić information content (AvgIpc) is 2.87. The molecule has 0 aliphatic heterocycles. The standard InChI is InChI=1S/C8H11N5OS/c9-3-5(14)7-12-13-6(4-1-2-4)10-11-8(13)15-7/h4-5,14H,1-3,9H2. The average molecular weight is 225 g/mol. The summed E-state index contributed by atoms with van der Waals surface area (Å²) in [5.41, 5.74) is 5.38. The van der Waals surface area contributed by atoms with E-state index in [1.807, 2.05) is 0 Å². The summed E-state index contributed by atoms with van der Waals surface area (Å²) in [6.45, 7) is 0.183. The first-order chi connectivity index (χ1) is 7.29.